The summed E-state index contributed by atoms with van der Waals surface area (Å²) in [5.74, 6) is 3.74. The summed E-state index contributed by atoms with van der Waals surface area (Å²) in [7, 11) is 1.99. The third kappa shape index (κ3) is 3.18. The van der Waals surface area contributed by atoms with Gasteiger partial charge in [0, 0.05) is 18.4 Å². The summed E-state index contributed by atoms with van der Waals surface area (Å²) in [5.41, 5.74) is 1.29. The van der Waals surface area contributed by atoms with Crippen molar-refractivity contribution < 1.29 is 19.0 Å². The van der Waals surface area contributed by atoms with Crippen molar-refractivity contribution in [2.75, 3.05) is 7.11 Å². The molecule has 0 radical (unpaired) electrons. The lowest BCUT2D eigenvalue weighted by Gasteiger charge is -2.61. The van der Waals surface area contributed by atoms with E-state index in [1.165, 1.54) is 51.4 Å². The second-order valence-electron chi connectivity index (χ2n) is 14.9. The van der Waals surface area contributed by atoms with E-state index in [4.69, 9.17) is 14.2 Å². The fourth-order valence-corrected chi connectivity index (χ4v) is 11.4. The monoisotopic (exact) mass is 486 g/mol. The molecule has 0 N–H and O–H groups in total. The van der Waals surface area contributed by atoms with Crippen LogP contribution in [0, 0.1) is 57.7 Å². The van der Waals surface area contributed by atoms with Crippen LogP contribution < -0.4 is 0 Å². The Morgan fingerprint density at radius 1 is 0.943 bits per heavy atom. The van der Waals surface area contributed by atoms with E-state index >= 15 is 0 Å². The van der Waals surface area contributed by atoms with Gasteiger partial charge in [0.1, 0.15) is 6.10 Å². The fraction of sp³-hybridized carbons (Fsp3) is 0.968. The van der Waals surface area contributed by atoms with Crippen LogP contribution >= 0.6 is 0 Å². The number of rotatable bonds is 5. The minimum atomic E-state index is -0.689. The quantitative estimate of drug-likeness (QED) is 0.436. The van der Waals surface area contributed by atoms with Gasteiger partial charge in [-0.2, -0.15) is 0 Å². The second-order valence-corrected chi connectivity index (χ2v) is 14.9. The van der Waals surface area contributed by atoms with Crippen LogP contribution in [0.15, 0.2) is 0 Å². The van der Waals surface area contributed by atoms with Crippen molar-refractivity contribution in [3.8, 4) is 0 Å². The van der Waals surface area contributed by atoms with E-state index in [2.05, 4.69) is 20.8 Å². The minimum absolute atomic E-state index is 0.0338. The molecule has 4 nitrogen and oxygen atoms in total. The molecule has 6 aliphatic rings. The zero-order valence-corrected chi connectivity index (χ0v) is 23.6. The lowest BCUT2D eigenvalue weighted by Crippen LogP contribution is -2.57. The summed E-state index contributed by atoms with van der Waals surface area (Å²) in [6, 6.07) is 0. The van der Waals surface area contributed by atoms with Crippen molar-refractivity contribution in [2.24, 2.45) is 57.7 Å². The number of carbonyl (C=O) groups excluding carboxylic acids is 1. The molecule has 0 unspecified atom stereocenters. The minimum Gasteiger partial charge on any atom is -0.381 e. The molecule has 0 aromatic heterocycles. The average Bonchev–Trinajstić information content (AvgIpc) is 3.11. The summed E-state index contributed by atoms with van der Waals surface area (Å²) >= 11 is 0. The van der Waals surface area contributed by atoms with Crippen LogP contribution in [0.5, 0.6) is 0 Å². The van der Waals surface area contributed by atoms with Crippen LogP contribution in [-0.2, 0) is 19.0 Å². The van der Waals surface area contributed by atoms with Crippen LogP contribution in [0.1, 0.15) is 99.8 Å². The maximum atomic E-state index is 13.1. The van der Waals surface area contributed by atoms with E-state index in [0.29, 0.717) is 34.2 Å². The first-order chi connectivity index (χ1) is 16.4. The molecule has 6 fully saturated rings. The van der Waals surface area contributed by atoms with Gasteiger partial charge < -0.3 is 14.2 Å². The Morgan fingerprint density at radius 2 is 1.69 bits per heavy atom. The van der Waals surface area contributed by atoms with E-state index in [1.807, 2.05) is 34.8 Å². The Morgan fingerprint density at radius 3 is 2.34 bits per heavy atom. The normalized spacial score (nSPS) is 54.7. The molecule has 0 bridgehead atoms. The molecule has 4 heteroatoms. The Balaban J connectivity index is 1.27. The van der Waals surface area contributed by atoms with Crippen LogP contribution in [0.4, 0.5) is 0 Å². The van der Waals surface area contributed by atoms with Crippen LogP contribution in [-0.4, -0.2) is 37.0 Å². The van der Waals surface area contributed by atoms with Crippen molar-refractivity contribution >= 4 is 5.78 Å². The molecule has 0 aromatic rings. The number of carbonyl (C=O) groups is 1. The first-order valence-electron chi connectivity index (χ1n) is 14.8. The molecule has 1 saturated heterocycles. The van der Waals surface area contributed by atoms with Crippen molar-refractivity contribution in [3.63, 3.8) is 0 Å². The van der Waals surface area contributed by atoms with E-state index < -0.39 is 11.9 Å². The van der Waals surface area contributed by atoms with Crippen molar-refractivity contribution in [1.29, 1.82) is 0 Å². The first kappa shape index (κ1) is 24.9. The summed E-state index contributed by atoms with van der Waals surface area (Å²) in [6.07, 6.45) is 10.7. The molecule has 12 atom stereocenters. The van der Waals surface area contributed by atoms with Crippen molar-refractivity contribution in [3.05, 3.63) is 0 Å². The molecular formula is C31H50O4. The van der Waals surface area contributed by atoms with Crippen LogP contribution in [0.3, 0.4) is 0 Å². The van der Waals surface area contributed by atoms with Crippen LogP contribution in [0.25, 0.3) is 0 Å². The summed E-state index contributed by atoms with van der Waals surface area (Å²) in [4.78, 5) is 13.1. The number of hydrogen-bond donors (Lipinski definition) is 0. The van der Waals surface area contributed by atoms with Crippen molar-refractivity contribution in [2.45, 2.75) is 124 Å². The van der Waals surface area contributed by atoms with E-state index in [0.717, 1.165) is 23.7 Å². The highest BCUT2D eigenvalue weighted by Gasteiger charge is 2.77. The number of hydrogen-bond acceptors (Lipinski definition) is 4. The standard InChI is InChI=1S/C31H50O4/c1-17(2)25(32)27-26(34-28(4,5)35-27)18(3)21-9-10-22-20-15-24(33-8)31-16-19(31)11-14-30(31,7)23(20)12-13-29(21,22)6/h17-24,26-27H,9-16H2,1-8H3/t18-,19+,20-,21+,22-,23-,24+,26+,27+,29+,30+,31-/m0/s1. The molecular weight excluding hydrogens is 436 g/mol. The van der Waals surface area contributed by atoms with Gasteiger partial charge in [-0.05, 0) is 112 Å². The lowest BCUT2D eigenvalue weighted by molar-refractivity contribution is -0.168. The van der Waals surface area contributed by atoms with Gasteiger partial charge in [-0.3, -0.25) is 4.79 Å². The molecule has 6 rings (SSSR count). The molecule has 35 heavy (non-hydrogen) atoms. The second kappa shape index (κ2) is 7.79. The molecule has 1 aliphatic heterocycles. The summed E-state index contributed by atoms with van der Waals surface area (Å²) in [6.45, 7) is 15.6. The number of Topliss-reactive ketones (excluding diaryl/α,β-unsaturated/α-hetero) is 1. The maximum absolute atomic E-state index is 13.1. The predicted molar refractivity (Wildman–Crippen MR) is 137 cm³/mol. The molecule has 1 spiro atoms. The lowest BCUT2D eigenvalue weighted by atomic mass is 9.45. The number of methoxy groups -OCH3 is 1. The van der Waals surface area contributed by atoms with E-state index in [9.17, 15) is 4.79 Å². The van der Waals surface area contributed by atoms with E-state index in [1.54, 1.807) is 0 Å². The third-order valence-electron chi connectivity index (χ3n) is 13.0. The number of ether oxygens (including phenoxy) is 3. The summed E-state index contributed by atoms with van der Waals surface area (Å²) in [5, 5.41) is 0. The van der Waals surface area contributed by atoms with Gasteiger partial charge in [0.15, 0.2) is 11.6 Å². The molecule has 0 aromatic carbocycles. The van der Waals surface area contributed by atoms with Gasteiger partial charge in [0.05, 0.1) is 12.2 Å². The summed E-state index contributed by atoms with van der Waals surface area (Å²) < 4.78 is 19.1. The van der Waals surface area contributed by atoms with Gasteiger partial charge in [-0.1, -0.05) is 34.6 Å². The van der Waals surface area contributed by atoms with E-state index in [-0.39, 0.29) is 17.8 Å². The number of fused-ring (bicyclic) bond motifs is 4. The smallest absolute Gasteiger partial charge is 0.166 e. The molecule has 5 aliphatic carbocycles. The van der Waals surface area contributed by atoms with Gasteiger partial charge >= 0.3 is 0 Å². The predicted octanol–water partition coefficient (Wildman–Crippen LogP) is 6.65. The van der Waals surface area contributed by atoms with Gasteiger partial charge in [-0.25, -0.2) is 0 Å². The Labute approximate surface area is 213 Å². The average molecular weight is 487 g/mol. The zero-order chi connectivity index (χ0) is 25.1. The molecule has 1 heterocycles. The third-order valence-corrected chi connectivity index (χ3v) is 13.0. The van der Waals surface area contributed by atoms with Crippen LogP contribution in [0.2, 0.25) is 0 Å². The van der Waals surface area contributed by atoms with Gasteiger partial charge in [0.2, 0.25) is 0 Å². The fourth-order valence-electron chi connectivity index (χ4n) is 11.4. The first-order valence-corrected chi connectivity index (χ1v) is 14.8. The highest BCUT2D eigenvalue weighted by atomic mass is 16.8. The number of ketones is 1. The van der Waals surface area contributed by atoms with Crippen molar-refractivity contribution in [1.82, 2.24) is 0 Å². The zero-order valence-electron chi connectivity index (χ0n) is 23.6. The highest BCUT2D eigenvalue weighted by Crippen LogP contribution is 2.82. The molecule has 0 amide bonds. The van der Waals surface area contributed by atoms with Gasteiger partial charge in [-0.15, -0.1) is 0 Å². The SMILES string of the molecule is CO[C@@H]1C[C@H]2[C@@H]3CC[C@H]([C@H](C)[C@H]4OC(C)(C)O[C@@H]4C(=O)C(C)C)[C@@]3(C)CC[C@@H]2[C@@]2(C)CC[C@@H]3C[C@]312. The molecule has 198 valence electrons. The molecule has 5 saturated carbocycles. The Bertz CT molecular complexity index is 881. The van der Waals surface area contributed by atoms with Gasteiger partial charge in [0.25, 0.3) is 0 Å². The maximum Gasteiger partial charge on any atom is 0.166 e. The highest BCUT2D eigenvalue weighted by molar-refractivity contribution is 5.85. The topological polar surface area (TPSA) is 44.8 Å². The largest absolute Gasteiger partial charge is 0.381 e. The Hall–Kier alpha value is -0.450. The Kier molecular flexibility index (Phi) is 5.53.